The Bertz CT molecular complexity index is 1030. The Morgan fingerprint density at radius 1 is 1.11 bits per heavy atom. The predicted molar refractivity (Wildman–Crippen MR) is 102 cm³/mol. The van der Waals surface area contributed by atoms with Crippen LogP contribution in [0.1, 0.15) is 15.9 Å². The van der Waals surface area contributed by atoms with Crippen LogP contribution in [0.3, 0.4) is 0 Å². The number of nitrogens with one attached hydrogen (secondary N) is 1. The van der Waals surface area contributed by atoms with E-state index in [0.29, 0.717) is 12.1 Å². The van der Waals surface area contributed by atoms with E-state index in [-0.39, 0.29) is 10.8 Å². The largest absolute Gasteiger partial charge is 0.337 e. The quantitative estimate of drug-likeness (QED) is 0.705. The summed E-state index contributed by atoms with van der Waals surface area (Å²) in [5.74, 6) is -0.198. The Morgan fingerprint density at radius 3 is 2.41 bits per heavy atom. The summed E-state index contributed by atoms with van der Waals surface area (Å²) in [6.45, 7) is 0.391. The molecule has 1 heterocycles. The molecule has 0 aliphatic rings. The van der Waals surface area contributed by atoms with Gasteiger partial charge in [-0.3, -0.25) is 4.79 Å². The third-order valence-corrected chi connectivity index (χ3v) is 5.53. The van der Waals surface area contributed by atoms with E-state index in [1.54, 1.807) is 22.8 Å². The topological polar surface area (TPSA) is 84.3 Å². The van der Waals surface area contributed by atoms with Crippen LogP contribution in [0.25, 0.3) is 5.69 Å². The Morgan fingerprint density at radius 2 is 1.78 bits per heavy atom. The van der Waals surface area contributed by atoms with Gasteiger partial charge < -0.3 is 4.90 Å². The second-order valence-electron chi connectivity index (χ2n) is 6.02. The standard InChI is InChI=1S/C19H20N4O3S/c1-20-27(25,26)18-10-8-16(9-11-18)19(24)22(2)13-15-12-21-23(14-15)17-6-4-3-5-7-17/h3-12,14,20H,13H2,1-2H3. The van der Waals surface area contributed by atoms with Gasteiger partial charge in [-0.05, 0) is 43.4 Å². The maximum absolute atomic E-state index is 12.6. The summed E-state index contributed by atoms with van der Waals surface area (Å²) in [5.41, 5.74) is 2.26. The molecule has 140 valence electrons. The molecule has 3 aromatic rings. The molecule has 0 atom stereocenters. The molecular weight excluding hydrogens is 364 g/mol. The number of nitrogens with zero attached hydrogens (tertiary/aromatic N) is 3. The molecule has 0 unspecified atom stereocenters. The molecule has 0 bridgehead atoms. The molecule has 0 aliphatic carbocycles. The average molecular weight is 384 g/mol. The summed E-state index contributed by atoms with van der Waals surface area (Å²) in [7, 11) is -0.479. The van der Waals surface area contributed by atoms with Crippen LogP contribution in [0, 0.1) is 0 Å². The molecular formula is C19H20N4O3S. The van der Waals surface area contributed by atoms with Crippen molar-refractivity contribution in [1.82, 2.24) is 19.4 Å². The van der Waals surface area contributed by atoms with Gasteiger partial charge in [0.2, 0.25) is 10.0 Å². The zero-order chi connectivity index (χ0) is 19.4. The summed E-state index contributed by atoms with van der Waals surface area (Å²) in [5, 5.41) is 4.32. The molecule has 1 aromatic heterocycles. The highest BCUT2D eigenvalue weighted by atomic mass is 32.2. The molecule has 2 aromatic carbocycles. The second kappa shape index (κ2) is 7.73. The minimum absolute atomic E-state index is 0.119. The highest BCUT2D eigenvalue weighted by molar-refractivity contribution is 7.89. The molecule has 0 saturated heterocycles. The van der Waals surface area contributed by atoms with E-state index >= 15 is 0 Å². The zero-order valence-corrected chi connectivity index (χ0v) is 15.8. The number of amides is 1. The third kappa shape index (κ3) is 4.24. The fourth-order valence-electron chi connectivity index (χ4n) is 2.62. The fourth-order valence-corrected chi connectivity index (χ4v) is 3.35. The van der Waals surface area contributed by atoms with Gasteiger partial charge in [0.05, 0.1) is 16.8 Å². The van der Waals surface area contributed by atoms with Crippen molar-refractivity contribution < 1.29 is 13.2 Å². The number of rotatable bonds is 6. The van der Waals surface area contributed by atoms with Gasteiger partial charge in [0, 0.05) is 30.9 Å². The van der Waals surface area contributed by atoms with Gasteiger partial charge in [0.15, 0.2) is 0 Å². The van der Waals surface area contributed by atoms with Crippen LogP contribution in [-0.4, -0.2) is 43.1 Å². The lowest BCUT2D eigenvalue weighted by molar-refractivity contribution is 0.0785. The van der Waals surface area contributed by atoms with Crippen molar-refractivity contribution in [2.24, 2.45) is 0 Å². The molecule has 0 radical (unpaired) electrons. The van der Waals surface area contributed by atoms with Crippen molar-refractivity contribution in [2.45, 2.75) is 11.4 Å². The molecule has 3 rings (SSSR count). The van der Waals surface area contributed by atoms with Crippen molar-refractivity contribution in [3.05, 3.63) is 78.1 Å². The van der Waals surface area contributed by atoms with E-state index in [1.807, 2.05) is 36.5 Å². The average Bonchev–Trinajstić information content (AvgIpc) is 3.16. The smallest absolute Gasteiger partial charge is 0.253 e. The number of carbonyl (C=O) groups is 1. The summed E-state index contributed by atoms with van der Waals surface area (Å²) in [6.07, 6.45) is 3.60. The first-order chi connectivity index (χ1) is 12.9. The molecule has 27 heavy (non-hydrogen) atoms. The Hall–Kier alpha value is -2.97. The number of hydrogen-bond acceptors (Lipinski definition) is 4. The number of sulfonamides is 1. The number of para-hydroxylation sites is 1. The van der Waals surface area contributed by atoms with Crippen LogP contribution in [0.15, 0.2) is 71.9 Å². The SMILES string of the molecule is CNS(=O)(=O)c1ccc(C(=O)N(C)Cc2cnn(-c3ccccc3)c2)cc1. The maximum Gasteiger partial charge on any atom is 0.253 e. The summed E-state index contributed by atoms with van der Waals surface area (Å²) in [4.78, 5) is 14.3. The number of carbonyl (C=O) groups excluding carboxylic acids is 1. The summed E-state index contributed by atoms with van der Waals surface area (Å²) >= 11 is 0. The van der Waals surface area contributed by atoms with Gasteiger partial charge in [-0.25, -0.2) is 17.8 Å². The zero-order valence-electron chi connectivity index (χ0n) is 15.0. The van der Waals surface area contributed by atoms with Crippen molar-refractivity contribution in [2.75, 3.05) is 14.1 Å². The van der Waals surface area contributed by atoms with Crippen molar-refractivity contribution in [1.29, 1.82) is 0 Å². The van der Waals surface area contributed by atoms with Gasteiger partial charge in [-0.15, -0.1) is 0 Å². The van der Waals surface area contributed by atoms with Crippen molar-refractivity contribution in [3.63, 3.8) is 0 Å². The van der Waals surface area contributed by atoms with Crippen molar-refractivity contribution >= 4 is 15.9 Å². The Labute approximate surface area is 158 Å². The molecule has 0 aliphatic heterocycles. The first-order valence-electron chi connectivity index (χ1n) is 8.29. The Balaban J connectivity index is 1.70. The van der Waals surface area contributed by atoms with Crippen LogP contribution >= 0.6 is 0 Å². The Kier molecular flexibility index (Phi) is 5.38. The molecule has 0 spiro atoms. The lowest BCUT2D eigenvalue weighted by Crippen LogP contribution is -2.26. The first-order valence-corrected chi connectivity index (χ1v) is 9.77. The van der Waals surface area contributed by atoms with Gasteiger partial charge in [0.1, 0.15) is 0 Å². The normalized spacial score (nSPS) is 11.3. The van der Waals surface area contributed by atoms with Crippen molar-refractivity contribution in [3.8, 4) is 5.69 Å². The van der Waals surface area contributed by atoms with E-state index in [1.165, 1.54) is 31.3 Å². The van der Waals surface area contributed by atoms with Crippen LogP contribution in [0.2, 0.25) is 0 Å². The molecule has 0 fully saturated rings. The van der Waals surface area contributed by atoms with E-state index in [9.17, 15) is 13.2 Å². The fraction of sp³-hybridized carbons (Fsp3) is 0.158. The molecule has 8 heteroatoms. The number of benzene rings is 2. The number of aromatic nitrogens is 2. The summed E-state index contributed by atoms with van der Waals surface area (Å²) in [6, 6.07) is 15.6. The first kappa shape index (κ1) is 18.8. The minimum atomic E-state index is -3.52. The number of hydrogen-bond donors (Lipinski definition) is 1. The predicted octanol–water partition coefficient (Wildman–Crippen LogP) is 2.05. The lowest BCUT2D eigenvalue weighted by atomic mass is 10.2. The van der Waals surface area contributed by atoms with Gasteiger partial charge in [-0.2, -0.15) is 5.10 Å². The maximum atomic E-state index is 12.6. The lowest BCUT2D eigenvalue weighted by Gasteiger charge is -2.16. The highest BCUT2D eigenvalue weighted by Crippen LogP contribution is 2.14. The molecule has 0 saturated carbocycles. The summed E-state index contributed by atoms with van der Waals surface area (Å²) < 4.78 is 27.5. The third-order valence-electron chi connectivity index (χ3n) is 4.10. The molecule has 7 nitrogen and oxygen atoms in total. The monoisotopic (exact) mass is 384 g/mol. The highest BCUT2D eigenvalue weighted by Gasteiger charge is 2.16. The van der Waals surface area contributed by atoms with E-state index in [0.717, 1.165) is 11.3 Å². The van der Waals surface area contributed by atoms with Crippen LogP contribution in [0.4, 0.5) is 0 Å². The van der Waals surface area contributed by atoms with Gasteiger partial charge >= 0.3 is 0 Å². The van der Waals surface area contributed by atoms with Crippen LogP contribution in [0.5, 0.6) is 0 Å². The second-order valence-corrected chi connectivity index (χ2v) is 7.91. The van der Waals surface area contributed by atoms with Gasteiger partial charge in [0.25, 0.3) is 5.91 Å². The van der Waals surface area contributed by atoms with Gasteiger partial charge in [-0.1, -0.05) is 18.2 Å². The minimum Gasteiger partial charge on any atom is -0.337 e. The van der Waals surface area contributed by atoms with Crippen LogP contribution in [-0.2, 0) is 16.6 Å². The van der Waals surface area contributed by atoms with E-state index in [2.05, 4.69) is 9.82 Å². The van der Waals surface area contributed by atoms with E-state index in [4.69, 9.17) is 0 Å². The molecule has 1 amide bonds. The van der Waals surface area contributed by atoms with Crippen LogP contribution < -0.4 is 4.72 Å². The molecule has 1 N–H and O–H groups in total. The van der Waals surface area contributed by atoms with E-state index < -0.39 is 10.0 Å².